The fourth-order valence-corrected chi connectivity index (χ4v) is 0.893. The molecule has 1 heterocycles. The molecule has 0 fully saturated rings. The Kier molecular flexibility index (Phi) is 3.84. The van der Waals surface area contributed by atoms with Gasteiger partial charge in [0.2, 0.25) is 0 Å². The van der Waals surface area contributed by atoms with Crippen LogP contribution in [0, 0.1) is 0 Å². The first-order chi connectivity index (χ1) is 7.04. The molecule has 0 saturated carbocycles. The van der Waals surface area contributed by atoms with Crippen molar-refractivity contribution in [1.29, 1.82) is 0 Å². The lowest BCUT2D eigenvalue weighted by atomic mass is 10.4. The van der Waals surface area contributed by atoms with Crippen LogP contribution in [0.2, 0.25) is 0 Å². The highest BCUT2D eigenvalue weighted by atomic mass is 19.4. The van der Waals surface area contributed by atoms with Gasteiger partial charge in [0.1, 0.15) is 5.82 Å². The van der Waals surface area contributed by atoms with E-state index in [9.17, 15) is 13.2 Å². The van der Waals surface area contributed by atoms with Gasteiger partial charge in [0.05, 0.1) is 0 Å². The van der Waals surface area contributed by atoms with Crippen molar-refractivity contribution in [3.05, 3.63) is 17.8 Å². The highest BCUT2D eigenvalue weighted by molar-refractivity contribution is 5.33. The summed E-state index contributed by atoms with van der Waals surface area (Å²) in [6, 6.07) is 2.15. The van der Waals surface area contributed by atoms with E-state index in [1.807, 2.05) is 0 Å². The zero-order chi connectivity index (χ0) is 11.3. The van der Waals surface area contributed by atoms with Crippen molar-refractivity contribution in [1.82, 2.24) is 15.5 Å². The van der Waals surface area contributed by atoms with Crippen LogP contribution in [0.15, 0.2) is 12.1 Å². The van der Waals surface area contributed by atoms with Gasteiger partial charge in [-0.1, -0.05) is 0 Å². The molecule has 15 heavy (non-hydrogen) atoms. The van der Waals surface area contributed by atoms with Crippen LogP contribution >= 0.6 is 0 Å². The quantitative estimate of drug-likeness (QED) is 0.747. The number of anilines is 1. The summed E-state index contributed by atoms with van der Waals surface area (Å²) in [6.45, 7) is 1.28. The van der Waals surface area contributed by atoms with Crippen LogP contribution in [0.4, 0.5) is 19.0 Å². The minimum absolute atomic E-state index is 0.332. The number of hydrogen-bond acceptors (Lipinski definition) is 4. The average Bonchev–Trinajstić information content (AvgIpc) is 2.18. The molecule has 84 valence electrons. The fraction of sp³-hybridized carbons (Fsp3) is 0.500. The molecule has 0 bridgehead atoms. The van der Waals surface area contributed by atoms with Gasteiger partial charge in [0, 0.05) is 13.1 Å². The first-order valence-corrected chi connectivity index (χ1v) is 4.33. The maximum Gasteiger partial charge on any atom is 0.435 e. The Morgan fingerprint density at radius 2 is 1.93 bits per heavy atom. The van der Waals surface area contributed by atoms with E-state index >= 15 is 0 Å². The Morgan fingerprint density at radius 1 is 1.20 bits per heavy atom. The van der Waals surface area contributed by atoms with E-state index in [0.717, 1.165) is 6.07 Å². The molecule has 0 aromatic carbocycles. The summed E-state index contributed by atoms with van der Waals surface area (Å²) in [4.78, 5) is 0. The number of halogens is 3. The largest absolute Gasteiger partial charge is 0.435 e. The van der Waals surface area contributed by atoms with Crippen LogP contribution in [-0.2, 0) is 6.18 Å². The van der Waals surface area contributed by atoms with Gasteiger partial charge >= 0.3 is 6.18 Å². The van der Waals surface area contributed by atoms with Crippen molar-refractivity contribution in [2.45, 2.75) is 6.18 Å². The van der Waals surface area contributed by atoms with Crippen LogP contribution in [0.3, 0.4) is 0 Å². The highest BCUT2D eigenvalue weighted by Crippen LogP contribution is 2.26. The molecular weight excluding hydrogens is 209 g/mol. The number of aromatic nitrogens is 2. The van der Waals surface area contributed by atoms with Gasteiger partial charge in [-0.25, -0.2) is 0 Å². The van der Waals surface area contributed by atoms with E-state index < -0.39 is 11.9 Å². The van der Waals surface area contributed by atoms with Crippen molar-refractivity contribution in [2.24, 2.45) is 0 Å². The molecule has 0 aliphatic heterocycles. The number of nitrogens with one attached hydrogen (secondary N) is 2. The summed E-state index contributed by atoms with van der Waals surface area (Å²) < 4.78 is 36.3. The summed E-state index contributed by atoms with van der Waals surface area (Å²) in [5.74, 6) is 0.332. The Hall–Kier alpha value is -1.37. The monoisotopic (exact) mass is 220 g/mol. The lowest BCUT2D eigenvalue weighted by molar-refractivity contribution is -0.141. The van der Waals surface area contributed by atoms with Crippen LogP contribution in [0.5, 0.6) is 0 Å². The van der Waals surface area contributed by atoms with Crippen molar-refractivity contribution in [3.63, 3.8) is 0 Å². The zero-order valence-corrected chi connectivity index (χ0v) is 8.10. The number of alkyl halides is 3. The molecule has 0 spiro atoms. The molecule has 1 aromatic heterocycles. The molecule has 7 heteroatoms. The van der Waals surface area contributed by atoms with E-state index in [2.05, 4.69) is 20.8 Å². The van der Waals surface area contributed by atoms with Gasteiger partial charge in [0.15, 0.2) is 5.69 Å². The van der Waals surface area contributed by atoms with E-state index in [4.69, 9.17) is 0 Å². The third-order valence-corrected chi connectivity index (χ3v) is 1.64. The van der Waals surface area contributed by atoms with Gasteiger partial charge < -0.3 is 10.6 Å². The molecule has 0 atom stereocenters. The predicted molar refractivity (Wildman–Crippen MR) is 49.5 cm³/mol. The van der Waals surface area contributed by atoms with Crippen LogP contribution < -0.4 is 10.6 Å². The standard InChI is InChI=1S/C8H11F3N4/c1-12-4-5-13-7-3-2-6(14-15-7)8(9,10)11/h2-3,12H,4-5H2,1H3,(H,13,15). The normalized spacial score (nSPS) is 11.5. The molecule has 4 nitrogen and oxygen atoms in total. The summed E-state index contributed by atoms with van der Waals surface area (Å²) >= 11 is 0. The molecule has 0 amide bonds. The van der Waals surface area contributed by atoms with E-state index in [1.54, 1.807) is 7.05 Å². The number of hydrogen-bond donors (Lipinski definition) is 2. The topological polar surface area (TPSA) is 49.8 Å². The molecule has 0 radical (unpaired) electrons. The van der Waals surface area contributed by atoms with Crippen LogP contribution in [0.1, 0.15) is 5.69 Å². The summed E-state index contributed by atoms with van der Waals surface area (Å²) in [6.07, 6.45) is -4.43. The molecular formula is C8H11F3N4. The average molecular weight is 220 g/mol. The second-order valence-corrected chi connectivity index (χ2v) is 2.83. The number of likely N-dealkylation sites (N-methyl/N-ethyl adjacent to an activating group) is 1. The second-order valence-electron chi connectivity index (χ2n) is 2.83. The zero-order valence-electron chi connectivity index (χ0n) is 8.10. The van der Waals surface area contributed by atoms with E-state index in [0.29, 0.717) is 18.9 Å². The predicted octanol–water partition coefficient (Wildman–Crippen LogP) is 1.13. The minimum Gasteiger partial charge on any atom is -0.367 e. The van der Waals surface area contributed by atoms with Crippen LogP contribution in [0.25, 0.3) is 0 Å². The SMILES string of the molecule is CNCCNc1ccc(C(F)(F)F)nn1. The van der Waals surface area contributed by atoms with E-state index in [1.165, 1.54) is 6.07 Å². The molecule has 2 N–H and O–H groups in total. The smallest absolute Gasteiger partial charge is 0.367 e. The summed E-state index contributed by atoms with van der Waals surface area (Å²) in [5, 5.41) is 12.2. The molecule has 1 rings (SSSR count). The molecule has 0 aliphatic carbocycles. The lowest BCUT2D eigenvalue weighted by Crippen LogP contribution is -2.18. The maximum atomic E-state index is 12.1. The fourth-order valence-electron chi connectivity index (χ4n) is 0.893. The van der Waals surface area contributed by atoms with Gasteiger partial charge in [-0.05, 0) is 19.2 Å². The van der Waals surface area contributed by atoms with Crippen molar-refractivity contribution >= 4 is 5.82 Å². The Labute approximate surface area is 84.9 Å². The van der Waals surface area contributed by atoms with Gasteiger partial charge in [-0.3, -0.25) is 0 Å². The van der Waals surface area contributed by atoms with E-state index in [-0.39, 0.29) is 0 Å². The Morgan fingerprint density at radius 3 is 2.40 bits per heavy atom. The summed E-state index contributed by atoms with van der Waals surface area (Å²) in [5.41, 5.74) is -0.985. The first-order valence-electron chi connectivity index (χ1n) is 4.33. The van der Waals surface area contributed by atoms with Crippen molar-refractivity contribution in [3.8, 4) is 0 Å². The Balaban J connectivity index is 2.57. The minimum atomic E-state index is -4.43. The third kappa shape index (κ3) is 3.70. The highest BCUT2D eigenvalue weighted by Gasteiger charge is 2.32. The van der Waals surface area contributed by atoms with Crippen molar-refractivity contribution < 1.29 is 13.2 Å². The second kappa shape index (κ2) is 4.92. The number of rotatable bonds is 4. The van der Waals surface area contributed by atoms with Crippen molar-refractivity contribution in [2.75, 3.05) is 25.5 Å². The lowest BCUT2D eigenvalue weighted by Gasteiger charge is -2.06. The van der Waals surface area contributed by atoms with Gasteiger partial charge in [-0.15, -0.1) is 10.2 Å². The molecule has 0 saturated heterocycles. The van der Waals surface area contributed by atoms with Gasteiger partial charge in [0.25, 0.3) is 0 Å². The molecule has 0 unspecified atom stereocenters. The third-order valence-electron chi connectivity index (χ3n) is 1.64. The maximum absolute atomic E-state index is 12.1. The Bertz CT molecular complexity index is 296. The number of nitrogens with zero attached hydrogens (tertiary/aromatic N) is 2. The summed E-state index contributed by atoms with van der Waals surface area (Å²) in [7, 11) is 1.78. The first kappa shape index (κ1) is 11.7. The van der Waals surface area contributed by atoms with Gasteiger partial charge in [-0.2, -0.15) is 13.2 Å². The van der Waals surface area contributed by atoms with Crippen LogP contribution in [-0.4, -0.2) is 30.3 Å². The molecule has 0 aliphatic rings. The molecule has 1 aromatic rings.